The largest absolute Gasteiger partial charge is 0.481 e. The summed E-state index contributed by atoms with van der Waals surface area (Å²) in [6, 6.07) is 0. The first kappa shape index (κ1) is 8.99. The fourth-order valence-electron chi connectivity index (χ4n) is 0.435. The minimum absolute atomic E-state index is 0.158. The molecule has 0 radical (unpaired) electrons. The van der Waals surface area contributed by atoms with Crippen LogP contribution < -0.4 is 5.32 Å². The highest BCUT2D eigenvalue weighted by atomic mass is 16.4. The minimum Gasteiger partial charge on any atom is -0.481 e. The molecule has 3 nitrogen and oxygen atoms in total. The van der Waals surface area contributed by atoms with Gasteiger partial charge in [0, 0.05) is 6.54 Å². The first-order chi connectivity index (χ1) is 4.77. The number of hydrogen-bond acceptors (Lipinski definition) is 2. The highest BCUT2D eigenvalue weighted by molar-refractivity contribution is 5.66. The van der Waals surface area contributed by atoms with Gasteiger partial charge in [-0.25, -0.2) is 0 Å². The maximum Gasteiger partial charge on any atom is 0.304 e. The van der Waals surface area contributed by atoms with E-state index >= 15 is 0 Å². The van der Waals surface area contributed by atoms with E-state index in [0.717, 1.165) is 0 Å². The first-order valence-corrected chi connectivity index (χ1v) is 3.09. The van der Waals surface area contributed by atoms with Gasteiger partial charge < -0.3 is 10.4 Å². The van der Waals surface area contributed by atoms with E-state index in [2.05, 4.69) is 17.2 Å². The van der Waals surface area contributed by atoms with Crippen molar-refractivity contribution >= 4 is 5.97 Å². The third kappa shape index (κ3) is 6.99. The summed E-state index contributed by atoms with van der Waals surface area (Å²) in [5.41, 5.74) is 0. The predicted octanol–water partition coefficient (Wildman–Crippen LogP) is 0.0740. The smallest absolute Gasteiger partial charge is 0.304 e. The van der Waals surface area contributed by atoms with Gasteiger partial charge in [0.25, 0.3) is 0 Å². The van der Waals surface area contributed by atoms with Crippen LogP contribution in [-0.2, 0) is 4.79 Å². The van der Waals surface area contributed by atoms with Crippen LogP contribution >= 0.6 is 0 Å². The molecule has 0 heterocycles. The summed E-state index contributed by atoms with van der Waals surface area (Å²) in [5, 5.41) is 11.1. The van der Waals surface area contributed by atoms with Crippen LogP contribution in [0.5, 0.6) is 0 Å². The summed E-state index contributed by atoms with van der Waals surface area (Å²) >= 11 is 0. The predicted molar refractivity (Wildman–Crippen MR) is 38.6 cm³/mol. The average molecular weight is 141 g/mol. The molecule has 0 aliphatic heterocycles. The maximum atomic E-state index is 9.96. The number of hydrogen-bond donors (Lipinski definition) is 2. The number of nitrogens with one attached hydrogen (secondary N) is 1. The first-order valence-electron chi connectivity index (χ1n) is 3.09. The number of carbonyl (C=O) groups is 1. The molecule has 0 unspecified atom stereocenters. The van der Waals surface area contributed by atoms with Gasteiger partial charge in [-0.05, 0) is 6.92 Å². The molecule has 2 N–H and O–H groups in total. The monoisotopic (exact) mass is 141 g/mol. The van der Waals surface area contributed by atoms with Gasteiger partial charge in [-0.2, -0.15) is 0 Å². The SMILES string of the molecule is CC#CCNCCC(=O)O. The molecule has 0 bridgehead atoms. The fourth-order valence-corrected chi connectivity index (χ4v) is 0.435. The highest BCUT2D eigenvalue weighted by Gasteiger charge is 1.92. The molecule has 0 aliphatic rings. The molecule has 3 heteroatoms. The van der Waals surface area contributed by atoms with Crippen LogP contribution in [0.4, 0.5) is 0 Å². The van der Waals surface area contributed by atoms with E-state index in [4.69, 9.17) is 5.11 Å². The second-order valence-corrected chi connectivity index (χ2v) is 1.75. The van der Waals surface area contributed by atoms with Crippen molar-refractivity contribution in [2.45, 2.75) is 13.3 Å². The Balaban J connectivity index is 3.03. The number of rotatable bonds is 4. The van der Waals surface area contributed by atoms with Crippen LogP contribution in [0.2, 0.25) is 0 Å². The molecule has 0 rings (SSSR count). The topological polar surface area (TPSA) is 49.3 Å². The molecule has 0 saturated carbocycles. The lowest BCUT2D eigenvalue weighted by molar-refractivity contribution is -0.136. The summed E-state index contributed by atoms with van der Waals surface area (Å²) in [6.07, 6.45) is 0.158. The molecule has 0 fully saturated rings. The maximum absolute atomic E-state index is 9.96. The Hall–Kier alpha value is -1.01. The third-order valence-corrected chi connectivity index (χ3v) is 0.906. The normalized spacial score (nSPS) is 8.10. The molecule has 10 heavy (non-hydrogen) atoms. The Morgan fingerprint density at radius 1 is 1.70 bits per heavy atom. The van der Waals surface area contributed by atoms with Gasteiger partial charge in [0.05, 0.1) is 13.0 Å². The molecule has 0 aromatic rings. The highest BCUT2D eigenvalue weighted by Crippen LogP contribution is 1.73. The van der Waals surface area contributed by atoms with Crippen LogP contribution in [0.1, 0.15) is 13.3 Å². The van der Waals surface area contributed by atoms with Crippen LogP contribution in [0, 0.1) is 11.8 Å². The van der Waals surface area contributed by atoms with Crippen molar-refractivity contribution in [2.24, 2.45) is 0 Å². The van der Waals surface area contributed by atoms with Crippen molar-refractivity contribution in [1.82, 2.24) is 5.32 Å². The van der Waals surface area contributed by atoms with Crippen LogP contribution in [-0.4, -0.2) is 24.2 Å². The zero-order valence-corrected chi connectivity index (χ0v) is 5.98. The van der Waals surface area contributed by atoms with Gasteiger partial charge in [0.2, 0.25) is 0 Å². The molecule has 56 valence electrons. The third-order valence-electron chi connectivity index (χ3n) is 0.906. The summed E-state index contributed by atoms with van der Waals surface area (Å²) in [6.45, 7) is 2.81. The zero-order chi connectivity index (χ0) is 7.82. The summed E-state index contributed by atoms with van der Waals surface area (Å²) < 4.78 is 0. The van der Waals surface area contributed by atoms with Gasteiger partial charge in [-0.3, -0.25) is 4.79 Å². The fraction of sp³-hybridized carbons (Fsp3) is 0.571. The van der Waals surface area contributed by atoms with Gasteiger partial charge in [-0.1, -0.05) is 5.92 Å². The van der Waals surface area contributed by atoms with Gasteiger partial charge >= 0.3 is 5.97 Å². The molecule has 0 aromatic heterocycles. The second-order valence-electron chi connectivity index (χ2n) is 1.75. The molecule has 0 atom stereocenters. The van der Waals surface area contributed by atoms with Crippen LogP contribution in [0.15, 0.2) is 0 Å². The van der Waals surface area contributed by atoms with E-state index < -0.39 is 5.97 Å². The van der Waals surface area contributed by atoms with Crippen molar-refractivity contribution < 1.29 is 9.90 Å². The average Bonchev–Trinajstić information content (AvgIpc) is 1.87. The molecular formula is C7H11NO2. The summed E-state index contributed by atoms with van der Waals surface area (Å²) in [7, 11) is 0. The zero-order valence-electron chi connectivity index (χ0n) is 5.98. The van der Waals surface area contributed by atoms with E-state index in [0.29, 0.717) is 13.1 Å². The standard InChI is InChI=1S/C7H11NO2/c1-2-3-5-8-6-4-7(9)10/h8H,4-6H2,1H3,(H,9,10). The molecule has 0 aromatic carbocycles. The molecular weight excluding hydrogens is 130 g/mol. The lowest BCUT2D eigenvalue weighted by atomic mass is 10.4. The quantitative estimate of drug-likeness (QED) is 0.430. The Bertz CT molecular complexity index is 155. The van der Waals surface area contributed by atoms with Crippen LogP contribution in [0.25, 0.3) is 0 Å². The molecule has 0 spiro atoms. The number of aliphatic carboxylic acids is 1. The Kier molecular flexibility index (Phi) is 5.50. The minimum atomic E-state index is -0.781. The van der Waals surface area contributed by atoms with Gasteiger partial charge in [-0.15, -0.1) is 5.92 Å². The van der Waals surface area contributed by atoms with Crippen molar-refractivity contribution in [2.75, 3.05) is 13.1 Å². The van der Waals surface area contributed by atoms with Crippen molar-refractivity contribution in [3.8, 4) is 11.8 Å². The summed E-state index contributed by atoms with van der Waals surface area (Å²) in [4.78, 5) is 9.96. The summed E-state index contributed by atoms with van der Waals surface area (Å²) in [5.74, 6) is 4.68. The van der Waals surface area contributed by atoms with Crippen molar-refractivity contribution in [3.63, 3.8) is 0 Å². The molecule has 0 amide bonds. The van der Waals surface area contributed by atoms with Gasteiger partial charge in [0.1, 0.15) is 0 Å². The Morgan fingerprint density at radius 2 is 2.40 bits per heavy atom. The van der Waals surface area contributed by atoms with E-state index in [9.17, 15) is 4.79 Å². The lowest BCUT2D eigenvalue weighted by Crippen LogP contribution is -2.18. The Labute approximate surface area is 60.4 Å². The van der Waals surface area contributed by atoms with E-state index in [1.807, 2.05) is 0 Å². The van der Waals surface area contributed by atoms with Crippen molar-refractivity contribution in [3.05, 3.63) is 0 Å². The van der Waals surface area contributed by atoms with E-state index in [1.165, 1.54) is 0 Å². The number of carboxylic acids is 1. The van der Waals surface area contributed by atoms with E-state index in [-0.39, 0.29) is 6.42 Å². The molecule has 0 saturated heterocycles. The Morgan fingerprint density at radius 3 is 2.90 bits per heavy atom. The second kappa shape index (κ2) is 6.12. The van der Waals surface area contributed by atoms with Crippen LogP contribution in [0.3, 0.4) is 0 Å². The van der Waals surface area contributed by atoms with Crippen molar-refractivity contribution in [1.29, 1.82) is 0 Å². The molecule has 0 aliphatic carbocycles. The number of carboxylic acid groups (broad SMARTS) is 1. The van der Waals surface area contributed by atoms with E-state index in [1.54, 1.807) is 6.92 Å². The lowest BCUT2D eigenvalue weighted by Gasteiger charge is -1.94. The van der Waals surface area contributed by atoms with Gasteiger partial charge in [0.15, 0.2) is 0 Å².